The minimum atomic E-state index is -0.153. The van der Waals surface area contributed by atoms with Crippen LogP contribution in [0.5, 0.6) is 0 Å². The molecule has 19 heavy (non-hydrogen) atoms. The Bertz CT molecular complexity index is 695. The summed E-state index contributed by atoms with van der Waals surface area (Å²) in [6.45, 7) is 1.47. The van der Waals surface area contributed by atoms with E-state index in [0.29, 0.717) is 12.4 Å². The summed E-state index contributed by atoms with van der Waals surface area (Å²) in [6, 6.07) is 0. The summed E-state index contributed by atoms with van der Waals surface area (Å²) in [5.74, 6) is 0.410. The van der Waals surface area contributed by atoms with Gasteiger partial charge in [0.1, 0.15) is 6.20 Å². The van der Waals surface area contributed by atoms with Gasteiger partial charge in [-0.3, -0.25) is 9.48 Å². The predicted octanol–water partition coefficient (Wildman–Crippen LogP) is 1.33. The van der Waals surface area contributed by atoms with Crippen LogP contribution in [0.25, 0.3) is 0 Å². The second-order valence-electron chi connectivity index (χ2n) is 4.49. The fourth-order valence-electron chi connectivity index (χ4n) is 2.19. The van der Waals surface area contributed by atoms with Gasteiger partial charge in [-0.05, 0) is 29.3 Å². The molecular weight excluding hydrogens is 264 g/mol. The molecule has 0 radical (unpaired) electrons. The topological polar surface area (TPSA) is 81.5 Å². The molecule has 7 nitrogen and oxygen atoms in total. The number of nitrogen functional groups attached to an aromatic ring is 1. The van der Waals surface area contributed by atoms with E-state index in [1.807, 2.05) is 23.2 Å². The number of nitrogens with two attached hydrogens (primary N) is 1. The first kappa shape index (κ1) is 12.1. The molecule has 0 fully saturated rings. The number of rotatable bonds is 2. The van der Waals surface area contributed by atoms with Crippen LogP contribution in [-0.4, -0.2) is 9.36 Å². The fourth-order valence-corrected chi connectivity index (χ4v) is 2.87. The van der Waals surface area contributed by atoms with Gasteiger partial charge in [-0.1, -0.05) is 0 Å². The first-order chi connectivity index (χ1) is 9.18. The van der Waals surface area contributed by atoms with E-state index < -0.39 is 0 Å². The summed E-state index contributed by atoms with van der Waals surface area (Å²) in [5, 5.41) is 10.8. The first-order valence-electron chi connectivity index (χ1n) is 6.12. The van der Waals surface area contributed by atoms with Gasteiger partial charge in [-0.25, -0.2) is 9.25 Å². The Morgan fingerprint density at radius 2 is 2.05 bits per heavy atom. The summed E-state index contributed by atoms with van der Waals surface area (Å²) in [5.41, 5.74) is 6.08. The molecule has 0 atom stereocenters. The van der Waals surface area contributed by atoms with E-state index in [0.717, 1.165) is 24.5 Å². The zero-order valence-corrected chi connectivity index (χ0v) is 11.4. The first-order valence-corrected chi connectivity index (χ1v) is 7.00. The summed E-state index contributed by atoms with van der Waals surface area (Å²) in [7, 11) is 1.88. The van der Waals surface area contributed by atoms with Gasteiger partial charge in [-0.2, -0.15) is 0 Å². The van der Waals surface area contributed by atoms with E-state index in [9.17, 15) is 4.79 Å². The predicted molar refractivity (Wildman–Crippen MR) is 72.0 cm³/mol. The minimum Gasteiger partial charge on any atom is -0.382 e. The molecule has 2 aromatic heterocycles. The highest BCUT2D eigenvalue weighted by atomic mass is 32.1. The molecule has 3 heterocycles. The van der Waals surface area contributed by atoms with Crippen LogP contribution in [0.2, 0.25) is 0 Å². The second kappa shape index (κ2) is 4.61. The Hall–Kier alpha value is -1.96. The number of aryl methyl sites for hydroxylation is 1. The summed E-state index contributed by atoms with van der Waals surface area (Å²) in [4.78, 5) is 12.2. The number of hydrogen-bond acceptors (Lipinski definition) is 5. The molecule has 0 aliphatic carbocycles. The fraction of sp³-hybridized carbons (Fsp3) is 0.455. The van der Waals surface area contributed by atoms with Crippen LogP contribution in [-0.2, 0) is 20.1 Å². The third kappa shape index (κ3) is 1.97. The zero-order valence-electron chi connectivity index (χ0n) is 10.6. The van der Waals surface area contributed by atoms with Gasteiger partial charge in [0.15, 0.2) is 5.82 Å². The molecule has 0 spiro atoms. The van der Waals surface area contributed by atoms with Crippen molar-refractivity contribution in [1.29, 1.82) is 0 Å². The van der Waals surface area contributed by atoms with Crippen molar-refractivity contribution >= 4 is 28.0 Å². The molecule has 0 amide bonds. The van der Waals surface area contributed by atoms with Gasteiger partial charge >= 0.3 is 5.13 Å². The number of anilines is 1. The highest BCUT2D eigenvalue weighted by molar-refractivity contribution is 7.12. The summed E-state index contributed by atoms with van der Waals surface area (Å²) in [6.07, 6.45) is 3.93. The highest BCUT2D eigenvalue weighted by Crippen LogP contribution is 2.24. The molecule has 0 unspecified atom stereocenters. The Balaban J connectivity index is 2.02. The van der Waals surface area contributed by atoms with Crippen molar-refractivity contribution in [3.63, 3.8) is 0 Å². The molecule has 1 aliphatic rings. The smallest absolute Gasteiger partial charge is 0.382 e. The molecule has 100 valence electrons. The Kier molecular flexibility index (Phi) is 2.94. The quantitative estimate of drug-likeness (QED) is 0.664. The van der Waals surface area contributed by atoms with Crippen LogP contribution >= 0.6 is 11.3 Å². The van der Waals surface area contributed by atoms with Crippen LogP contribution in [0.1, 0.15) is 12.8 Å². The van der Waals surface area contributed by atoms with Crippen molar-refractivity contribution in [2.24, 2.45) is 17.3 Å². The van der Waals surface area contributed by atoms with Crippen molar-refractivity contribution < 1.29 is 4.57 Å². The zero-order chi connectivity index (χ0) is 13.4. The molecule has 8 heteroatoms. The standard InChI is InChI=1S/C11H14N6OS/c1-15-6-7-19-11(15)14-13-8-9(12)16-4-2-3-5-17(16)10(8)18/h6-7,12H,2-5H2,1H3/p+1. The molecular formula is C11H15N6OS+. The van der Waals surface area contributed by atoms with Gasteiger partial charge in [0.05, 0.1) is 12.2 Å². The van der Waals surface area contributed by atoms with Crippen LogP contribution in [0.15, 0.2) is 26.6 Å². The number of fused-ring (bicyclic) bond motifs is 1. The van der Waals surface area contributed by atoms with E-state index in [4.69, 9.17) is 5.73 Å². The third-order valence-corrected chi connectivity index (χ3v) is 4.07. The maximum Gasteiger partial charge on any atom is 0.408 e. The molecule has 1 aliphatic heterocycles. The van der Waals surface area contributed by atoms with Crippen LogP contribution in [0.3, 0.4) is 0 Å². The van der Waals surface area contributed by atoms with Crippen molar-refractivity contribution in [3.05, 3.63) is 21.9 Å². The SMILES string of the molecule is C[n+]1ccsc1N=Nc1c(N)n2n(c1=O)CCCC2. The number of hydrogen-bond donors (Lipinski definition) is 1. The van der Waals surface area contributed by atoms with Gasteiger partial charge < -0.3 is 5.73 Å². The number of thiazole rings is 1. The molecule has 2 N–H and O–H groups in total. The molecule has 2 aromatic rings. The number of nitrogens with zero attached hydrogens (tertiary/aromatic N) is 5. The molecule has 0 saturated heterocycles. The Morgan fingerprint density at radius 1 is 1.32 bits per heavy atom. The van der Waals surface area contributed by atoms with Gasteiger partial charge in [0.25, 0.3) is 5.56 Å². The largest absolute Gasteiger partial charge is 0.408 e. The summed E-state index contributed by atoms with van der Waals surface area (Å²) < 4.78 is 5.30. The average molecular weight is 279 g/mol. The lowest BCUT2D eigenvalue weighted by Gasteiger charge is -2.17. The maximum atomic E-state index is 12.2. The van der Waals surface area contributed by atoms with Crippen LogP contribution < -0.4 is 15.9 Å². The van der Waals surface area contributed by atoms with Crippen LogP contribution in [0.4, 0.5) is 16.6 Å². The van der Waals surface area contributed by atoms with Crippen molar-refractivity contribution in [1.82, 2.24) is 9.36 Å². The lowest BCUT2D eigenvalue weighted by Crippen LogP contribution is -2.27. The lowest BCUT2D eigenvalue weighted by molar-refractivity contribution is -0.654. The van der Waals surface area contributed by atoms with E-state index in [1.54, 1.807) is 9.36 Å². The maximum absolute atomic E-state index is 12.2. The second-order valence-corrected chi connectivity index (χ2v) is 5.36. The van der Waals surface area contributed by atoms with Gasteiger partial charge in [0.2, 0.25) is 5.69 Å². The monoisotopic (exact) mass is 279 g/mol. The minimum absolute atomic E-state index is 0.153. The van der Waals surface area contributed by atoms with Crippen LogP contribution in [0, 0.1) is 0 Å². The highest BCUT2D eigenvalue weighted by Gasteiger charge is 2.21. The molecule has 0 bridgehead atoms. The Morgan fingerprint density at radius 3 is 2.68 bits per heavy atom. The molecule has 3 rings (SSSR count). The normalized spacial score (nSPS) is 15.0. The molecule has 0 aromatic carbocycles. The molecule has 0 saturated carbocycles. The van der Waals surface area contributed by atoms with Crippen molar-refractivity contribution in [2.75, 3.05) is 5.73 Å². The van der Waals surface area contributed by atoms with Crippen molar-refractivity contribution in [2.45, 2.75) is 25.9 Å². The van der Waals surface area contributed by atoms with E-state index in [2.05, 4.69) is 10.2 Å². The van der Waals surface area contributed by atoms with E-state index in [-0.39, 0.29) is 11.2 Å². The number of aromatic nitrogens is 3. The average Bonchev–Trinajstić information content (AvgIpc) is 2.93. The lowest BCUT2D eigenvalue weighted by atomic mass is 10.3. The van der Waals surface area contributed by atoms with E-state index >= 15 is 0 Å². The summed E-state index contributed by atoms with van der Waals surface area (Å²) >= 11 is 1.46. The van der Waals surface area contributed by atoms with Gasteiger partial charge in [-0.15, -0.1) is 0 Å². The van der Waals surface area contributed by atoms with Crippen molar-refractivity contribution in [3.8, 4) is 0 Å². The van der Waals surface area contributed by atoms with Gasteiger partial charge in [0, 0.05) is 18.5 Å². The van der Waals surface area contributed by atoms with E-state index in [1.165, 1.54) is 11.3 Å². The third-order valence-electron chi connectivity index (χ3n) is 3.23. The Labute approximate surface area is 113 Å². The number of azo groups is 1.